The van der Waals surface area contributed by atoms with Crippen LogP contribution in [0.25, 0.3) is 0 Å². The lowest BCUT2D eigenvalue weighted by molar-refractivity contribution is -0.143. The zero-order valence-corrected chi connectivity index (χ0v) is 15.9. The predicted molar refractivity (Wildman–Crippen MR) is 104 cm³/mol. The van der Waals surface area contributed by atoms with Gasteiger partial charge in [-0.1, -0.05) is 60.7 Å². The summed E-state index contributed by atoms with van der Waals surface area (Å²) in [6.45, 7) is 0. The second-order valence-corrected chi connectivity index (χ2v) is 6.15. The van der Waals surface area contributed by atoms with Gasteiger partial charge in [-0.25, -0.2) is 14.4 Å². The lowest BCUT2D eigenvalue weighted by Gasteiger charge is -2.20. The van der Waals surface area contributed by atoms with Crippen LogP contribution in [0.15, 0.2) is 60.7 Å². The molecule has 0 aliphatic rings. The molecule has 148 valence electrons. The molecule has 0 aliphatic carbocycles. The number of carbonyl (C=O) groups is 3. The summed E-state index contributed by atoms with van der Waals surface area (Å²) < 4.78 is 9.56. The van der Waals surface area contributed by atoms with Gasteiger partial charge in [0.2, 0.25) is 0 Å². The fraction of sp³-hybridized carbons (Fsp3) is 0.286. The number of amides is 2. The molecule has 0 spiro atoms. The highest BCUT2D eigenvalue weighted by Gasteiger charge is 2.26. The van der Waals surface area contributed by atoms with Crippen LogP contribution >= 0.6 is 0 Å². The van der Waals surface area contributed by atoms with Crippen molar-refractivity contribution in [3.63, 3.8) is 0 Å². The molecule has 0 aromatic heterocycles. The van der Waals surface area contributed by atoms with Gasteiger partial charge in [-0.2, -0.15) is 0 Å². The van der Waals surface area contributed by atoms with Crippen LogP contribution in [0.5, 0.6) is 0 Å². The van der Waals surface area contributed by atoms with Gasteiger partial charge in [-0.05, 0) is 11.1 Å². The predicted octanol–water partition coefficient (Wildman–Crippen LogP) is 1.85. The highest BCUT2D eigenvalue weighted by molar-refractivity contribution is 5.87. The number of benzene rings is 2. The maximum absolute atomic E-state index is 12.4. The van der Waals surface area contributed by atoms with Crippen molar-refractivity contribution in [2.24, 2.45) is 0 Å². The Bertz CT molecular complexity index is 714. The summed E-state index contributed by atoms with van der Waals surface area (Å²) in [4.78, 5) is 36.6. The van der Waals surface area contributed by atoms with Crippen LogP contribution in [0, 0.1) is 0 Å². The Morgan fingerprint density at radius 2 is 1.07 bits per heavy atom. The van der Waals surface area contributed by atoms with Crippen LogP contribution < -0.4 is 10.6 Å². The van der Waals surface area contributed by atoms with E-state index < -0.39 is 30.1 Å². The van der Waals surface area contributed by atoms with Crippen LogP contribution in [-0.4, -0.2) is 44.3 Å². The Balaban J connectivity index is 2.05. The lowest BCUT2D eigenvalue weighted by Crippen LogP contribution is -2.52. The third-order valence-corrected chi connectivity index (χ3v) is 4.15. The van der Waals surface area contributed by atoms with Crippen LogP contribution in [0.4, 0.5) is 4.79 Å². The molecule has 2 N–H and O–H groups in total. The van der Waals surface area contributed by atoms with Gasteiger partial charge in [0.15, 0.2) is 0 Å². The van der Waals surface area contributed by atoms with E-state index >= 15 is 0 Å². The quantitative estimate of drug-likeness (QED) is 0.678. The maximum Gasteiger partial charge on any atom is 0.328 e. The summed E-state index contributed by atoms with van der Waals surface area (Å²) in [5.74, 6) is -1.15. The number of carbonyl (C=O) groups excluding carboxylic acids is 3. The average molecular weight is 384 g/mol. The molecule has 2 amide bonds. The maximum atomic E-state index is 12.4. The molecule has 2 atom stereocenters. The van der Waals surface area contributed by atoms with Gasteiger partial charge in [0, 0.05) is 12.8 Å². The Morgan fingerprint density at radius 1 is 0.714 bits per heavy atom. The SMILES string of the molecule is COC(=O)[C@@H](Cc1ccccc1)NC(=O)N[C@H](Cc1ccccc1)C(=O)OC. The van der Waals surface area contributed by atoms with Crippen molar-refractivity contribution in [1.29, 1.82) is 0 Å². The summed E-state index contributed by atoms with van der Waals surface area (Å²) in [7, 11) is 2.51. The van der Waals surface area contributed by atoms with Gasteiger partial charge >= 0.3 is 18.0 Å². The van der Waals surface area contributed by atoms with E-state index in [4.69, 9.17) is 9.47 Å². The topological polar surface area (TPSA) is 93.7 Å². The van der Waals surface area contributed by atoms with Gasteiger partial charge in [0.05, 0.1) is 14.2 Å². The molecule has 0 aliphatic heterocycles. The van der Waals surface area contributed by atoms with E-state index in [0.29, 0.717) is 0 Å². The zero-order chi connectivity index (χ0) is 20.4. The summed E-state index contributed by atoms with van der Waals surface area (Å²) in [6, 6.07) is 16.1. The molecule has 0 bridgehead atoms. The fourth-order valence-electron chi connectivity index (χ4n) is 2.73. The minimum Gasteiger partial charge on any atom is -0.467 e. The first-order valence-corrected chi connectivity index (χ1v) is 8.84. The molecule has 0 saturated carbocycles. The first-order valence-electron chi connectivity index (χ1n) is 8.84. The van der Waals surface area contributed by atoms with Crippen molar-refractivity contribution in [1.82, 2.24) is 10.6 Å². The van der Waals surface area contributed by atoms with Crippen molar-refractivity contribution in [3.8, 4) is 0 Å². The lowest BCUT2D eigenvalue weighted by atomic mass is 10.1. The third-order valence-electron chi connectivity index (χ3n) is 4.15. The van der Waals surface area contributed by atoms with Crippen molar-refractivity contribution >= 4 is 18.0 Å². The second-order valence-electron chi connectivity index (χ2n) is 6.15. The van der Waals surface area contributed by atoms with Crippen LogP contribution in [0.1, 0.15) is 11.1 Å². The van der Waals surface area contributed by atoms with E-state index in [1.807, 2.05) is 60.7 Å². The van der Waals surface area contributed by atoms with E-state index in [2.05, 4.69) is 10.6 Å². The molecule has 2 aromatic rings. The Labute approximate surface area is 164 Å². The largest absolute Gasteiger partial charge is 0.467 e. The fourth-order valence-corrected chi connectivity index (χ4v) is 2.73. The van der Waals surface area contributed by atoms with Gasteiger partial charge in [-0.15, -0.1) is 0 Å². The number of esters is 2. The second kappa shape index (κ2) is 10.7. The summed E-state index contributed by atoms with van der Waals surface area (Å²) in [5, 5.41) is 5.16. The molecule has 2 rings (SSSR count). The van der Waals surface area contributed by atoms with Crippen molar-refractivity contribution < 1.29 is 23.9 Å². The molecule has 7 heteroatoms. The van der Waals surface area contributed by atoms with Gasteiger partial charge in [0.1, 0.15) is 12.1 Å². The summed E-state index contributed by atoms with van der Waals surface area (Å²) in [6.07, 6.45) is 0.533. The molecular weight excluding hydrogens is 360 g/mol. The Hall–Kier alpha value is -3.35. The standard InChI is InChI=1S/C21H24N2O5/c1-27-19(24)17(13-15-9-5-3-6-10-15)22-21(26)23-18(20(25)28-2)14-16-11-7-4-8-12-16/h3-12,17-18H,13-14H2,1-2H3,(H2,22,23,26)/t17-,18-/m1/s1. The smallest absolute Gasteiger partial charge is 0.328 e. The van der Waals surface area contributed by atoms with Gasteiger partial charge in [0.25, 0.3) is 0 Å². The minimum absolute atomic E-state index is 0.266. The van der Waals surface area contributed by atoms with Gasteiger partial charge < -0.3 is 20.1 Å². The summed E-state index contributed by atoms with van der Waals surface area (Å²) in [5.41, 5.74) is 1.74. The number of nitrogens with one attached hydrogen (secondary N) is 2. The number of hydrogen-bond donors (Lipinski definition) is 2. The molecule has 28 heavy (non-hydrogen) atoms. The molecule has 2 aromatic carbocycles. The van der Waals surface area contributed by atoms with Crippen LogP contribution in [0.2, 0.25) is 0 Å². The first kappa shape index (κ1) is 21.0. The zero-order valence-electron chi connectivity index (χ0n) is 15.9. The minimum atomic E-state index is -0.887. The third kappa shape index (κ3) is 6.42. The van der Waals surface area contributed by atoms with E-state index in [-0.39, 0.29) is 12.8 Å². The van der Waals surface area contributed by atoms with Crippen LogP contribution in [-0.2, 0) is 31.9 Å². The molecule has 0 saturated heterocycles. The highest BCUT2D eigenvalue weighted by atomic mass is 16.5. The first-order chi connectivity index (χ1) is 13.5. The normalized spacial score (nSPS) is 12.4. The monoisotopic (exact) mass is 384 g/mol. The highest BCUT2D eigenvalue weighted by Crippen LogP contribution is 2.06. The molecule has 0 radical (unpaired) electrons. The molecular formula is C21H24N2O5. The number of urea groups is 1. The van der Waals surface area contributed by atoms with Crippen molar-refractivity contribution in [2.75, 3.05) is 14.2 Å². The van der Waals surface area contributed by atoms with Gasteiger partial charge in [-0.3, -0.25) is 0 Å². The van der Waals surface area contributed by atoms with E-state index in [0.717, 1.165) is 11.1 Å². The molecule has 0 unspecified atom stereocenters. The molecule has 7 nitrogen and oxygen atoms in total. The summed E-state index contributed by atoms with van der Waals surface area (Å²) >= 11 is 0. The van der Waals surface area contributed by atoms with E-state index in [1.54, 1.807) is 0 Å². The number of ether oxygens (including phenoxy) is 2. The molecule has 0 heterocycles. The van der Waals surface area contributed by atoms with E-state index in [9.17, 15) is 14.4 Å². The number of hydrogen-bond acceptors (Lipinski definition) is 5. The number of methoxy groups -OCH3 is 2. The average Bonchev–Trinajstić information content (AvgIpc) is 2.73. The van der Waals surface area contributed by atoms with Crippen LogP contribution in [0.3, 0.4) is 0 Å². The van der Waals surface area contributed by atoms with E-state index in [1.165, 1.54) is 14.2 Å². The van der Waals surface area contributed by atoms with Crippen molar-refractivity contribution in [3.05, 3.63) is 71.8 Å². The Kier molecular flexibility index (Phi) is 8.02. The number of rotatable bonds is 8. The molecule has 0 fully saturated rings. The Morgan fingerprint density at radius 3 is 1.39 bits per heavy atom. The van der Waals surface area contributed by atoms with Crippen molar-refractivity contribution in [2.45, 2.75) is 24.9 Å².